The molecule has 1 saturated heterocycles. The molecule has 1 aliphatic rings. The van der Waals surface area contributed by atoms with Crippen molar-refractivity contribution in [3.63, 3.8) is 0 Å². The zero-order valence-electron chi connectivity index (χ0n) is 9.77. The minimum absolute atomic E-state index is 0.714. The second-order valence-electron chi connectivity index (χ2n) is 3.71. The molecule has 0 aliphatic carbocycles. The lowest BCUT2D eigenvalue weighted by atomic mass is 10.2. The molecule has 4 nitrogen and oxygen atoms in total. The fourth-order valence-electron chi connectivity index (χ4n) is 1.76. The van der Waals surface area contributed by atoms with E-state index in [-0.39, 0.29) is 0 Å². The van der Waals surface area contributed by atoms with Gasteiger partial charge in [0.15, 0.2) is 0 Å². The largest absolute Gasteiger partial charge is 0.379 e. The fraction of sp³-hybridized carbons (Fsp3) is 0.417. The van der Waals surface area contributed by atoms with E-state index >= 15 is 0 Å². The number of morpholine rings is 1. The predicted molar refractivity (Wildman–Crippen MR) is 69.0 cm³/mol. The van der Waals surface area contributed by atoms with Gasteiger partial charge in [0.2, 0.25) is 0 Å². The lowest BCUT2D eigenvalue weighted by molar-refractivity contribution is 0.0497. The maximum atomic E-state index is 9.21. The highest BCUT2D eigenvalue weighted by atomic mass is 32.2. The molecule has 17 heavy (non-hydrogen) atoms. The minimum atomic E-state index is 0.714. The molecule has 1 heterocycles. The third-order valence-electron chi connectivity index (χ3n) is 2.65. The second kappa shape index (κ2) is 5.92. The van der Waals surface area contributed by atoms with Crippen molar-refractivity contribution in [1.29, 1.82) is 5.26 Å². The Morgan fingerprint density at radius 1 is 1.41 bits per heavy atom. The van der Waals surface area contributed by atoms with E-state index in [0.29, 0.717) is 5.56 Å². The first-order chi connectivity index (χ1) is 8.35. The maximum absolute atomic E-state index is 9.21. The first-order valence-corrected chi connectivity index (χ1v) is 6.74. The average molecular weight is 249 g/mol. The number of hydrazine groups is 1. The molecule has 0 spiro atoms. The molecule has 0 amide bonds. The van der Waals surface area contributed by atoms with Crippen LogP contribution in [0.15, 0.2) is 23.1 Å². The van der Waals surface area contributed by atoms with Gasteiger partial charge in [-0.1, -0.05) is 6.07 Å². The van der Waals surface area contributed by atoms with Crippen molar-refractivity contribution in [2.75, 3.05) is 38.0 Å². The zero-order chi connectivity index (χ0) is 12.1. The number of hydrogen-bond acceptors (Lipinski definition) is 5. The van der Waals surface area contributed by atoms with Crippen LogP contribution in [0.4, 0.5) is 5.69 Å². The Morgan fingerprint density at radius 2 is 2.18 bits per heavy atom. The van der Waals surface area contributed by atoms with Gasteiger partial charge < -0.3 is 10.2 Å². The Bertz CT molecular complexity index is 424. The molecular formula is C12H15N3OS. The van der Waals surface area contributed by atoms with E-state index in [1.54, 1.807) is 11.8 Å². The van der Waals surface area contributed by atoms with Gasteiger partial charge in [-0.15, -0.1) is 11.8 Å². The number of nitrogens with zero attached hydrogens (tertiary/aromatic N) is 2. The normalized spacial score (nSPS) is 16.5. The van der Waals surface area contributed by atoms with Crippen molar-refractivity contribution < 1.29 is 4.74 Å². The van der Waals surface area contributed by atoms with Crippen molar-refractivity contribution in [2.45, 2.75) is 4.90 Å². The first-order valence-electron chi connectivity index (χ1n) is 5.51. The highest BCUT2D eigenvalue weighted by Gasteiger charge is 2.13. The van der Waals surface area contributed by atoms with Gasteiger partial charge in [-0.2, -0.15) is 5.26 Å². The smallest absolute Gasteiger partial charge is 0.103 e. The van der Waals surface area contributed by atoms with Gasteiger partial charge >= 0.3 is 0 Å². The molecule has 0 radical (unpaired) electrons. The molecule has 0 unspecified atom stereocenters. The summed E-state index contributed by atoms with van der Waals surface area (Å²) in [7, 11) is 0. The summed E-state index contributed by atoms with van der Waals surface area (Å²) in [6.07, 6.45) is 1.98. The van der Waals surface area contributed by atoms with Crippen LogP contribution in [-0.2, 0) is 4.74 Å². The molecule has 1 aromatic rings. The Morgan fingerprint density at radius 3 is 2.82 bits per heavy atom. The fourth-order valence-corrected chi connectivity index (χ4v) is 2.33. The highest BCUT2D eigenvalue weighted by Crippen LogP contribution is 2.26. The van der Waals surface area contributed by atoms with Crippen LogP contribution in [0.5, 0.6) is 0 Å². The Hall–Kier alpha value is -1.22. The number of ether oxygens (including phenoxy) is 1. The van der Waals surface area contributed by atoms with Gasteiger partial charge in [0.1, 0.15) is 6.07 Å². The van der Waals surface area contributed by atoms with E-state index in [1.807, 2.05) is 24.5 Å². The molecule has 0 bridgehead atoms. The molecular weight excluding hydrogens is 234 g/mol. The predicted octanol–water partition coefficient (Wildman–Crippen LogP) is 1.94. The SMILES string of the molecule is CSc1cccc(NN2CCOCC2)c1C#N. The third-order valence-corrected chi connectivity index (χ3v) is 3.43. The summed E-state index contributed by atoms with van der Waals surface area (Å²) in [5.41, 5.74) is 4.88. The molecule has 1 fully saturated rings. The third kappa shape index (κ3) is 2.91. The summed E-state index contributed by atoms with van der Waals surface area (Å²) in [4.78, 5) is 1.01. The highest BCUT2D eigenvalue weighted by molar-refractivity contribution is 7.98. The summed E-state index contributed by atoms with van der Waals surface area (Å²) in [5, 5.41) is 11.3. The van der Waals surface area contributed by atoms with Crippen LogP contribution >= 0.6 is 11.8 Å². The van der Waals surface area contributed by atoms with Crippen LogP contribution in [0.25, 0.3) is 0 Å². The van der Waals surface area contributed by atoms with Crippen molar-refractivity contribution >= 4 is 17.4 Å². The topological polar surface area (TPSA) is 48.3 Å². The molecule has 5 heteroatoms. The number of anilines is 1. The molecule has 0 atom stereocenters. The Balaban J connectivity index is 2.17. The van der Waals surface area contributed by atoms with Crippen LogP contribution < -0.4 is 5.43 Å². The minimum Gasteiger partial charge on any atom is -0.379 e. The summed E-state index contributed by atoms with van der Waals surface area (Å²) < 4.78 is 5.29. The van der Waals surface area contributed by atoms with Gasteiger partial charge in [-0.05, 0) is 18.4 Å². The number of benzene rings is 1. The summed E-state index contributed by atoms with van der Waals surface area (Å²) in [5.74, 6) is 0. The van der Waals surface area contributed by atoms with Gasteiger partial charge in [0, 0.05) is 18.0 Å². The Labute approximate surface area is 106 Å². The van der Waals surface area contributed by atoms with Crippen LogP contribution in [0.1, 0.15) is 5.56 Å². The maximum Gasteiger partial charge on any atom is 0.103 e. The van der Waals surface area contributed by atoms with Crippen molar-refractivity contribution in [3.05, 3.63) is 23.8 Å². The lowest BCUT2D eigenvalue weighted by Crippen LogP contribution is -2.40. The molecule has 1 aromatic carbocycles. The molecule has 0 aromatic heterocycles. The standard InChI is InChI=1S/C12H15N3OS/c1-17-12-4-2-3-11(10(12)9-13)14-15-5-7-16-8-6-15/h2-4,14H,5-8H2,1H3. The Kier molecular flexibility index (Phi) is 4.26. The monoisotopic (exact) mass is 249 g/mol. The molecule has 0 saturated carbocycles. The second-order valence-corrected chi connectivity index (χ2v) is 4.55. The average Bonchev–Trinajstić information content (AvgIpc) is 2.39. The quantitative estimate of drug-likeness (QED) is 0.830. The van der Waals surface area contributed by atoms with Crippen molar-refractivity contribution in [1.82, 2.24) is 5.01 Å². The molecule has 2 rings (SSSR count). The van der Waals surface area contributed by atoms with E-state index in [2.05, 4.69) is 16.5 Å². The van der Waals surface area contributed by atoms with Gasteiger partial charge in [0.25, 0.3) is 0 Å². The van der Waals surface area contributed by atoms with Crippen LogP contribution in [0.3, 0.4) is 0 Å². The van der Waals surface area contributed by atoms with Gasteiger partial charge in [0.05, 0.1) is 24.5 Å². The van der Waals surface area contributed by atoms with E-state index in [4.69, 9.17) is 4.74 Å². The summed E-state index contributed by atoms with van der Waals surface area (Å²) >= 11 is 1.59. The number of nitrogens with one attached hydrogen (secondary N) is 1. The first kappa shape index (κ1) is 12.2. The van der Waals surface area contributed by atoms with Crippen LogP contribution in [-0.4, -0.2) is 37.6 Å². The molecule has 1 N–H and O–H groups in total. The van der Waals surface area contributed by atoms with Crippen molar-refractivity contribution in [2.24, 2.45) is 0 Å². The number of rotatable bonds is 3. The van der Waals surface area contributed by atoms with Crippen LogP contribution in [0.2, 0.25) is 0 Å². The van der Waals surface area contributed by atoms with E-state index in [0.717, 1.165) is 36.9 Å². The van der Waals surface area contributed by atoms with E-state index in [9.17, 15) is 5.26 Å². The lowest BCUT2D eigenvalue weighted by Gasteiger charge is -2.28. The summed E-state index contributed by atoms with van der Waals surface area (Å²) in [6.45, 7) is 3.15. The number of thioether (sulfide) groups is 1. The van der Waals surface area contributed by atoms with Crippen LogP contribution in [0, 0.1) is 11.3 Å². The van der Waals surface area contributed by atoms with Gasteiger partial charge in [-0.25, -0.2) is 5.01 Å². The summed E-state index contributed by atoms with van der Waals surface area (Å²) in [6, 6.07) is 8.14. The number of nitriles is 1. The van der Waals surface area contributed by atoms with Crippen molar-refractivity contribution in [3.8, 4) is 6.07 Å². The van der Waals surface area contributed by atoms with Gasteiger partial charge in [-0.3, -0.25) is 0 Å². The number of hydrogen-bond donors (Lipinski definition) is 1. The van der Waals surface area contributed by atoms with E-state index < -0.39 is 0 Å². The molecule has 90 valence electrons. The van der Waals surface area contributed by atoms with E-state index in [1.165, 1.54) is 0 Å². The molecule has 1 aliphatic heterocycles. The zero-order valence-corrected chi connectivity index (χ0v) is 10.6.